The minimum Gasteiger partial charge on any atom is -0.494 e. The van der Waals surface area contributed by atoms with Gasteiger partial charge in [-0.2, -0.15) is 5.26 Å². The third-order valence-electron chi connectivity index (χ3n) is 3.25. The van der Waals surface area contributed by atoms with Crippen molar-refractivity contribution in [1.29, 1.82) is 5.26 Å². The molecular weight excluding hydrogens is 290 g/mol. The first-order valence-corrected chi connectivity index (χ1v) is 7.49. The average Bonchev–Trinajstić information content (AvgIpc) is 2.57. The van der Waals surface area contributed by atoms with E-state index in [1.54, 1.807) is 24.3 Å². The van der Waals surface area contributed by atoms with Gasteiger partial charge in [0.05, 0.1) is 17.9 Å². The molecule has 23 heavy (non-hydrogen) atoms. The predicted molar refractivity (Wildman–Crippen MR) is 89.5 cm³/mol. The van der Waals surface area contributed by atoms with Crippen molar-refractivity contribution in [1.82, 2.24) is 5.32 Å². The van der Waals surface area contributed by atoms with Crippen LogP contribution >= 0.6 is 0 Å². The van der Waals surface area contributed by atoms with Gasteiger partial charge in [-0.15, -0.1) is 0 Å². The second-order valence-corrected chi connectivity index (χ2v) is 4.83. The largest absolute Gasteiger partial charge is 0.494 e. The molecule has 0 saturated heterocycles. The van der Waals surface area contributed by atoms with Gasteiger partial charge in [0.2, 0.25) is 0 Å². The third kappa shape index (κ3) is 4.75. The van der Waals surface area contributed by atoms with E-state index in [1.807, 2.05) is 37.3 Å². The van der Waals surface area contributed by atoms with Crippen LogP contribution in [0.1, 0.15) is 18.1 Å². The molecule has 0 aromatic heterocycles. The van der Waals surface area contributed by atoms with E-state index in [-0.39, 0.29) is 6.03 Å². The number of hydrogen-bond acceptors (Lipinski definition) is 3. The number of nitriles is 1. The number of hydrogen-bond donors (Lipinski definition) is 2. The zero-order valence-electron chi connectivity index (χ0n) is 13.0. The van der Waals surface area contributed by atoms with Gasteiger partial charge in [-0.1, -0.05) is 30.3 Å². The summed E-state index contributed by atoms with van der Waals surface area (Å²) in [6.45, 7) is 3.02. The lowest BCUT2D eigenvalue weighted by atomic mass is 10.1. The van der Waals surface area contributed by atoms with Crippen LogP contribution in [0.3, 0.4) is 0 Å². The molecule has 0 spiro atoms. The summed E-state index contributed by atoms with van der Waals surface area (Å²) in [5.41, 5.74) is 1.98. The van der Waals surface area contributed by atoms with Gasteiger partial charge in [-0.3, -0.25) is 0 Å². The van der Waals surface area contributed by atoms with E-state index in [1.165, 1.54) is 0 Å². The number of urea groups is 1. The van der Waals surface area contributed by atoms with Crippen LogP contribution in [-0.2, 0) is 6.42 Å². The highest BCUT2D eigenvalue weighted by molar-refractivity contribution is 5.90. The number of rotatable bonds is 6. The summed E-state index contributed by atoms with van der Waals surface area (Å²) in [6.07, 6.45) is 0.670. The SMILES string of the molecule is CCOc1ccccc1CCNC(=O)Nc1ccccc1C#N. The molecular formula is C18H19N3O2. The standard InChI is InChI=1S/C18H19N3O2/c1-2-23-17-10-6-4-7-14(17)11-12-20-18(22)21-16-9-5-3-8-15(16)13-19/h3-10H,2,11-12H2,1H3,(H2,20,21,22). The first-order valence-electron chi connectivity index (χ1n) is 7.49. The van der Waals surface area contributed by atoms with Crippen LogP contribution in [0.25, 0.3) is 0 Å². The molecule has 0 atom stereocenters. The Hall–Kier alpha value is -3.00. The minimum atomic E-state index is -0.332. The Bertz CT molecular complexity index is 707. The van der Waals surface area contributed by atoms with Gasteiger partial charge in [-0.05, 0) is 37.1 Å². The number of benzene rings is 2. The lowest BCUT2D eigenvalue weighted by molar-refractivity contribution is 0.252. The molecule has 2 aromatic rings. The van der Waals surface area contributed by atoms with Crippen LogP contribution in [0, 0.1) is 11.3 Å². The Kier molecular flexibility index (Phi) is 6.01. The Morgan fingerprint density at radius 2 is 1.91 bits per heavy atom. The molecule has 0 bridgehead atoms. The highest BCUT2D eigenvalue weighted by Crippen LogP contribution is 2.18. The van der Waals surface area contributed by atoms with Crippen molar-refractivity contribution in [3.05, 3.63) is 59.7 Å². The van der Waals surface area contributed by atoms with E-state index in [2.05, 4.69) is 10.6 Å². The molecule has 0 aliphatic heterocycles. The van der Waals surface area contributed by atoms with Crippen LogP contribution in [0.2, 0.25) is 0 Å². The fraction of sp³-hybridized carbons (Fsp3) is 0.222. The van der Waals surface area contributed by atoms with Gasteiger partial charge in [0.1, 0.15) is 11.8 Å². The maximum atomic E-state index is 11.9. The highest BCUT2D eigenvalue weighted by atomic mass is 16.5. The summed E-state index contributed by atoms with van der Waals surface area (Å²) < 4.78 is 5.56. The molecule has 0 aliphatic carbocycles. The summed E-state index contributed by atoms with van der Waals surface area (Å²) in [5, 5.41) is 14.5. The fourth-order valence-corrected chi connectivity index (χ4v) is 2.17. The smallest absolute Gasteiger partial charge is 0.319 e. The Balaban J connectivity index is 1.87. The summed E-state index contributed by atoms with van der Waals surface area (Å²) in [5.74, 6) is 0.840. The van der Waals surface area contributed by atoms with Crippen LogP contribution in [0.5, 0.6) is 5.75 Å². The number of nitrogens with one attached hydrogen (secondary N) is 2. The quantitative estimate of drug-likeness (QED) is 0.859. The molecule has 2 rings (SSSR count). The number of para-hydroxylation sites is 2. The molecule has 5 nitrogen and oxygen atoms in total. The molecule has 0 aliphatic rings. The lowest BCUT2D eigenvalue weighted by Gasteiger charge is -2.11. The van der Waals surface area contributed by atoms with Crippen molar-refractivity contribution in [2.75, 3.05) is 18.5 Å². The first kappa shape index (κ1) is 16.4. The topological polar surface area (TPSA) is 74.2 Å². The van der Waals surface area contributed by atoms with E-state index in [4.69, 9.17) is 10.00 Å². The maximum Gasteiger partial charge on any atom is 0.319 e. The molecule has 0 saturated carbocycles. The molecule has 5 heteroatoms. The van der Waals surface area contributed by atoms with Gasteiger partial charge >= 0.3 is 6.03 Å². The summed E-state index contributed by atoms with van der Waals surface area (Å²) in [6, 6.07) is 16.4. The normalized spacial score (nSPS) is 9.74. The number of carbonyl (C=O) groups excluding carboxylic acids is 1. The summed E-state index contributed by atoms with van der Waals surface area (Å²) in [4.78, 5) is 11.9. The Labute approximate surface area is 135 Å². The number of ether oxygens (including phenoxy) is 1. The van der Waals surface area contributed by atoms with Gasteiger partial charge in [0.15, 0.2) is 0 Å². The van der Waals surface area contributed by atoms with Crippen molar-refractivity contribution in [3.8, 4) is 11.8 Å². The van der Waals surface area contributed by atoms with Crippen molar-refractivity contribution in [3.63, 3.8) is 0 Å². The minimum absolute atomic E-state index is 0.332. The monoisotopic (exact) mass is 309 g/mol. The number of carbonyl (C=O) groups is 1. The second kappa shape index (κ2) is 8.44. The Morgan fingerprint density at radius 3 is 2.70 bits per heavy atom. The lowest BCUT2D eigenvalue weighted by Crippen LogP contribution is -2.30. The molecule has 0 unspecified atom stereocenters. The second-order valence-electron chi connectivity index (χ2n) is 4.83. The van der Waals surface area contributed by atoms with Crippen LogP contribution in [0.15, 0.2) is 48.5 Å². The van der Waals surface area contributed by atoms with E-state index >= 15 is 0 Å². The molecule has 2 amide bonds. The van der Waals surface area contributed by atoms with Crippen molar-refractivity contribution in [2.24, 2.45) is 0 Å². The van der Waals surface area contributed by atoms with Crippen LogP contribution < -0.4 is 15.4 Å². The van der Waals surface area contributed by atoms with E-state index < -0.39 is 0 Å². The fourth-order valence-electron chi connectivity index (χ4n) is 2.17. The van der Waals surface area contributed by atoms with Gasteiger partial charge in [0, 0.05) is 6.54 Å². The Morgan fingerprint density at radius 1 is 1.17 bits per heavy atom. The van der Waals surface area contributed by atoms with Crippen molar-refractivity contribution < 1.29 is 9.53 Å². The number of nitrogens with zero attached hydrogens (tertiary/aromatic N) is 1. The van der Waals surface area contributed by atoms with Crippen LogP contribution in [0.4, 0.5) is 10.5 Å². The number of amides is 2. The zero-order valence-corrected chi connectivity index (χ0v) is 13.0. The first-order chi connectivity index (χ1) is 11.2. The predicted octanol–water partition coefficient (Wildman–Crippen LogP) is 3.32. The highest BCUT2D eigenvalue weighted by Gasteiger charge is 2.06. The van der Waals surface area contributed by atoms with Crippen LogP contribution in [-0.4, -0.2) is 19.2 Å². The van der Waals surface area contributed by atoms with Gasteiger partial charge in [0.25, 0.3) is 0 Å². The molecule has 118 valence electrons. The molecule has 2 aromatic carbocycles. The van der Waals surface area contributed by atoms with E-state index in [0.717, 1.165) is 11.3 Å². The molecule has 0 fully saturated rings. The van der Waals surface area contributed by atoms with Gasteiger partial charge < -0.3 is 15.4 Å². The van der Waals surface area contributed by atoms with Crippen molar-refractivity contribution >= 4 is 11.7 Å². The third-order valence-corrected chi connectivity index (χ3v) is 3.25. The zero-order chi connectivity index (χ0) is 16.5. The average molecular weight is 309 g/mol. The molecule has 2 N–H and O–H groups in total. The van der Waals surface area contributed by atoms with E-state index in [0.29, 0.717) is 30.8 Å². The van der Waals surface area contributed by atoms with E-state index in [9.17, 15) is 4.79 Å². The molecule has 0 heterocycles. The maximum absolute atomic E-state index is 11.9. The van der Waals surface area contributed by atoms with Crippen molar-refractivity contribution in [2.45, 2.75) is 13.3 Å². The number of anilines is 1. The summed E-state index contributed by atoms with van der Waals surface area (Å²) >= 11 is 0. The van der Waals surface area contributed by atoms with Gasteiger partial charge in [-0.25, -0.2) is 4.79 Å². The summed E-state index contributed by atoms with van der Waals surface area (Å²) in [7, 11) is 0. The molecule has 0 radical (unpaired) electrons.